The Labute approximate surface area is 231 Å². The van der Waals surface area contributed by atoms with Crippen molar-refractivity contribution in [1.29, 1.82) is 0 Å². The minimum Gasteiger partial charge on any atom is -0.479 e. The van der Waals surface area contributed by atoms with Crippen LogP contribution in [0.15, 0.2) is 0 Å². The molecule has 0 aromatic carbocycles. The van der Waals surface area contributed by atoms with Gasteiger partial charge in [-0.3, -0.25) is 9.35 Å². The van der Waals surface area contributed by atoms with E-state index in [4.69, 9.17) is 23.7 Å². The molecule has 0 unspecified atom stereocenters. The first kappa shape index (κ1) is 33.8. The summed E-state index contributed by atoms with van der Waals surface area (Å²) in [5.74, 6) is -2.61. The number of aliphatic hydroxyl groups excluding tert-OH is 7. The van der Waals surface area contributed by atoms with Gasteiger partial charge in [-0.25, -0.2) is 8.98 Å². The number of amides is 1. The maximum Gasteiger partial charge on any atom is 0.397 e. The van der Waals surface area contributed by atoms with E-state index in [1.54, 1.807) is 0 Å². The average Bonchev–Trinajstić information content (AvgIpc) is 3.20. The molecular formula is C20H33NO19S. The number of carbonyl (C=O) groups excluding carboxylic acids is 1. The van der Waals surface area contributed by atoms with E-state index < -0.39 is 128 Å². The molecule has 20 nitrogen and oxygen atoms in total. The molecule has 238 valence electrons. The topological polar surface area (TPSA) is 318 Å². The van der Waals surface area contributed by atoms with Gasteiger partial charge in [0.25, 0.3) is 0 Å². The smallest absolute Gasteiger partial charge is 0.397 e. The fourth-order valence-electron chi connectivity index (χ4n) is 4.71. The number of rotatable bonds is 11. The van der Waals surface area contributed by atoms with Crippen LogP contribution >= 0.6 is 0 Å². The van der Waals surface area contributed by atoms with Crippen LogP contribution in [0.1, 0.15) is 6.92 Å². The van der Waals surface area contributed by atoms with E-state index in [0.29, 0.717) is 0 Å². The molecule has 3 heterocycles. The quantitative estimate of drug-likeness (QED) is 0.0956. The highest BCUT2D eigenvalue weighted by atomic mass is 32.3. The lowest BCUT2D eigenvalue weighted by atomic mass is 9.95. The van der Waals surface area contributed by atoms with Gasteiger partial charge in [0.2, 0.25) is 5.91 Å². The molecule has 0 aromatic heterocycles. The zero-order valence-corrected chi connectivity index (χ0v) is 22.0. The molecule has 3 saturated heterocycles. The number of ether oxygens (including phenoxy) is 5. The first-order valence-corrected chi connectivity index (χ1v) is 13.5. The molecule has 3 fully saturated rings. The number of carbonyl (C=O) groups is 2. The van der Waals surface area contributed by atoms with Crippen molar-refractivity contribution in [3.05, 3.63) is 0 Å². The second-order valence-corrected chi connectivity index (χ2v) is 10.5. The predicted octanol–water partition coefficient (Wildman–Crippen LogP) is -6.83. The third-order valence-corrected chi connectivity index (χ3v) is 7.09. The van der Waals surface area contributed by atoms with Crippen molar-refractivity contribution in [2.24, 2.45) is 0 Å². The summed E-state index contributed by atoms with van der Waals surface area (Å²) in [6.07, 6.45) is -24.2. The lowest BCUT2D eigenvalue weighted by Gasteiger charge is -2.47. The minimum atomic E-state index is -5.42. The molecule has 41 heavy (non-hydrogen) atoms. The summed E-state index contributed by atoms with van der Waals surface area (Å²) in [4.78, 5) is 23.8. The highest BCUT2D eigenvalue weighted by Crippen LogP contribution is 2.34. The number of carboxylic acid groups (broad SMARTS) is 1. The van der Waals surface area contributed by atoms with Crippen LogP contribution < -0.4 is 5.32 Å². The van der Waals surface area contributed by atoms with Gasteiger partial charge in [0.1, 0.15) is 61.0 Å². The minimum absolute atomic E-state index is 0.740. The van der Waals surface area contributed by atoms with Gasteiger partial charge in [-0.15, -0.1) is 0 Å². The summed E-state index contributed by atoms with van der Waals surface area (Å²) in [6.45, 7) is -1.40. The second kappa shape index (κ2) is 13.7. The van der Waals surface area contributed by atoms with Crippen LogP contribution in [0.3, 0.4) is 0 Å². The van der Waals surface area contributed by atoms with Crippen molar-refractivity contribution in [1.82, 2.24) is 5.32 Å². The summed E-state index contributed by atoms with van der Waals surface area (Å²) in [6, 6.07) is -1.62. The van der Waals surface area contributed by atoms with Crippen molar-refractivity contribution in [3.8, 4) is 0 Å². The molecule has 0 radical (unpaired) electrons. The van der Waals surface area contributed by atoms with Crippen LogP contribution in [0, 0.1) is 0 Å². The molecule has 0 saturated carbocycles. The van der Waals surface area contributed by atoms with Gasteiger partial charge in [-0.05, 0) is 0 Å². The van der Waals surface area contributed by atoms with Gasteiger partial charge in [-0.1, -0.05) is 0 Å². The second-order valence-electron chi connectivity index (χ2n) is 9.45. The Morgan fingerprint density at radius 2 is 1.32 bits per heavy atom. The number of nitrogens with one attached hydrogen (secondary N) is 1. The molecule has 0 aromatic rings. The van der Waals surface area contributed by atoms with Gasteiger partial charge < -0.3 is 69.9 Å². The van der Waals surface area contributed by atoms with Gasteiger partial charge in [-0.2, -0.15) is 8.42 Å². The number of carboxylic acids is 1. The Hall–Kier alpha value is -1.67. The molecule has 10 N–H and O–H groups in total. The highest BCUT2D eigenvalue weighted by Gasteiger charge is 2.57. The molecule has 1 amide bonds. The number of aliphatic carboxylic acids is 1. The molecule has 3 aliphatic rings. The van der Waals surface area contributed by atoms with E-state index in [2.05, 4.69) is 9.50 Å². The lowest BCUT2D eigenvalue weighted by molar-refractivity contribution is -0.345. The molecule has 0 bridgehead atoms. The van der Waals surface area contributed by atoms with Gasteiger partial charge in [0, 0.05) is 6.92 Å². The third-order valence-electron chi connectivity index (χ3n) is 6.62. The molecule has 21 heteroatoms. The van der Waals surface area contributed by atoms with Crippen molar-refractivity contribution in [2.45, 2.75) is 92.7 Å². The maximum absolute atomic E-state index is 12.1. The first-order valence-electron chi connectivity index (χ1n) is 12.1. The Morgan fingerprint density at radius 1 is 0.756 bits per heavy atom. The van der Waals surface area contributed by atoms with Gasteiger partial charge >= 0.3 is 16.4 Å². The number of hydrogen-bond acceptors (Lipinski definition) is 17. The van der Waals surface area contributed by atoms with Crippen molar-refractivity contribution in [2.75, 3.05) is 19.8 Å². The largest absolute Gasteiger partial charge is 0.479 e. The summed E-state index contributed by atoms with van der Waals surface area (Å²) < 4.78 is 63.8. The zero-order chi connectivity index (χ0) is 30.8. The van der Waals surface area contributed by atoms with Crippen LogP contribution in [0.2, 0.25) is 0 Å². The van der Waals surface area contributed by atoms with Gasteiger partial charge in [0.05, 0.1) is 19.8 Å². The molecule has 14 atom stereocenters. The fraction of sp³-hybridized carbons (Fsp3) is 0.900. The lowest BCUT2D eigenvalue weighted by Crippen LogP contribution is -2.68. The van der Waals surface area contributed by atoms with Crippen molar-refractivity contribution < 1.29 is 91.3 Å². The van der Waals surface area contributed by atoms with E-state index in [1.165, 1.54) is 0 Å². The SMILES string of the molecule is CC(=O)N[C@H]1[C@@H](O[C@H]2[C@H](O)[C@@H](OS(=O)(=O)O)[C@H](O[C@H]3[C@H](O)[C@@H](CO)O[C@@H]3CO)O[C@H]2C(=O)O)O[C@H](CO)[C@@H](O)[C@@H]1O. The van der Waals surface area contributed by atoms with Crippen LogP contribution in [0.5, 0.6) is 0 Å². The van der Waals surface area contributed by atoms with Crippen molar-refractivity contribution >= 4 is 22.3 Å². The van der Waals surface area contributed by atoms with Crippen LogP contribution in [-0.2, 0) is 47.9 Å². The maximum atomic E-state index is 12.1. The first-order chi connectivity index (χ1) is 19.1. The average molecular weight is 624 g/mol. The monoisotopic (exact) mass is 623 g/mol. The number of aliphatic hydroxyl groups is 7. The van der Waals surface area contributed by atoms with Gasteiger partial charge in [0.15, 0.2) is 24.8 Å². The molecule has 3 rings (SSSR count). The molecular weight excluding hydrogens is 590 g/mol. The van der Waals surface area contributed by atoms with E-state index >= 15 is 0 Å². The Balaban J connectivity index is 1.95. The van der Waals surface area contributed by atoms with E-state index in [-0.39, 0.29) is 0 Å². The van der Waals surface area contributed by atoms with Crippen LogP contribution in [-0.4, -0.2) is 171 Å². The number of hydrogen-bond donors (Lipinski definition) is 10. The van der Waals surface area contributed by atoms with E-state index in [9.17, 15) is 63.4 Å². The molecule has 0 spiro atoms. The standard InChI is InChI=1S/C20H33NO19S/c1-5(25)21-9-12(28)10(26)6(2-22)36-19(9)38-15-13(29)16(40-41(32,33)34)20(39-17(15)18(30)31)37-14-8(4-24)35-7(3-23)11(14)27/h6-17,19-20,22-24,26-29H,2-4H2,1H3,(H,21,25)(H,30,31)(H,32,33,34)/t6-,7-,8-,9-,10-,11-,12-,13+,14-,15+,16-,17-,19-,20-/m1/s1. The van der Waals surface area contributed by atoms with Crippen molar-refractivity contribution in [3.63, 3.8) is 0 Å². The fourth-order valence-corrected chi connectivity index (χ4v) is 5.19. The van der Waals surface area contributed by atoms with Crippen LogP contribution in [0.4, 0.5) is 0 Å². The Kier molecular flexibility index (Phi) is 11.3. The summed E-state index contributed by atoms with van der Waals surface area (Å²) in [5.41, 5.74) is 0. The zero-order valence-electron chi connectivity index (χ0n) is 21.2. The molecule has 0 aliphatic carbocycles. The summed E-state index contributed by atoms with van der Waals surface area (Å²) >= 11 is 0. The van der Waals surface area contributed by atoms with E-state index in [0.717, 1.165) is 6.92 Å². The Bertz CT molecular complexity index is 1010. The highest BCUT2D eigenvalue weighted by molar-refractivity contribution is 7.80. The normalized spacial score (nSPS) is 43.5. The summed E-state index contributed by atoms with van der Waals surface area (Å²) in [5, 5.41) is 82.5. The molecule has 3 aliphatic heterocycles. The summed E-state index contributed by atoms with van der Waals surface area (Å²) in [7, 11) is -5.42. The third kappa shape index (κ3) is 7.65. The predicted molar refractivity (Wildman–Crippen MR) is 123 cm³/mol. The van der Waals surface area contributed by atoms with Crippen LogP contribution in [0.25, 0.3) is 0 Å². The van der Waals surface area contributed by atoms with E-state index in [1.807, 2.05) is 0 Å². The Morgan fingerprint density at radius 3 is 1.83 bits per heavy atom.